The van der Waals surface area contributed by atoms with E-state index in [0.717, 1.165) is 25.7 Å². The molecule has 2 saturated carbocycles. The van der Waals surface area contributed by atoms with Gasteiger partial charge in [0.05, 0.1) is 48.0 Å². The molecule has 7 unspecified atom stereocenters. The van der Waals surface area contributed by atoms with E-state index < -0.39 is 18.0 Å². The van der Waals surface area contributed by atoms with E-state index in [4.69, 9.17) is 29.9 Å². The van der Waals surface area contributed by atoms with E-state index >= 15 is 0 Å². The summed E-state index contributed by atoms with van der Waals surface area (Å²) in [7, 11) is 0. The summed E-state index contributed by atoms with van der Waals surface area (Å²) < 4.78 is 10.8. The third kappa shape index (κ3) is 5.88. The van der Waals surface area contributed by atoms with Crippen LogP contribution in [-0.4, -0.2) is 68.5 Å². The maximum Gasteiger partial charge on any atom is 0.306 e. The lowest BCUT2D eigenvalue weighted by atomic mass is 9.83. The van der Waals surface area contributed by atoms with Gasteiger partial charge in [-0.2, -0.15) is 0 Å². The van der Waals surface area contributed by atoms with Gasteiger partial charge in [0.15, 0.2) is 0 Å². The van der Waals surface area contributed by atoms with Gasteiger partial charge in [-0.3, -0.25) is 9.59 Å². The van der Waals surface area contributed by atoms with E-state index in [1.54, 1.807) is 0 Å². The highest BCUT2D eigenvalue weighted by Crippen LogP contribution is 2.49. The van der Waals surface area contributed by atoms with Crippen molar-refractivity contribution in [1.29, 1.82) is 0 Å². The van der Waals surface area contributed by atoms with Crippen LogP contribution in [0.4, 0.5) is 0 Å². The first-order valence-corrected chi connectivity index (χ1v) is 9.61. The highest BCUT2D eigenvalue weighted by Gasteiger charge is 2.57. The van der Waals surface area contributed by atoms with Crippen LogP contribution in [0.15, 0.2) is 0 Å². The molecular formula is C19H32O8. The molecule has 8 nitrogen and oxygen atoms in total. The zero-order valence-electron chi connectivity index (χ0n) is 16.3. The summed E-state index contributed by atoms with van der Waals surface area (Å²) in [5, 5.41) is 33.4. The average molecular weight is 388 g/mol. The number of rotatable bonds is 3. The maximum absolute atomic E-state index is 10.6. The van der Waals surface area contributed by atoms with E-state index in [-0.39, 0.29) is 41.9 Å². The van der Waals surface area contributed by atoms with Crippen LogP contribution in [-0.2, 0) is 19.1 Å². The van der Waals surface area contributed by atoms with Gasteiger partial charge in [-0.1, -0.05) is 0 Å². The Balaban J connectivity index is 0.000000157. The minimum atomic E-state index is -0.664. The first kappa shape index (κ1) is 22.1. The van der Waals surface area contributed by atoms with Crippen molar-refractivity contribution in [3.8, 4) is 0 Å². The molecule has 27 heavy (non-hydrogen) atoms. The number of carboxylic acids is 2. The number of ether oxygens (including phenoxy) is 2. The summed E-state index contributed by atoms with van der Waals surface area (Å²) >= 11 is 0. The van der Waals surface area contributed by atoms with Gasteiger partial charge in [-0.25, -0.2) is 0 Å². The number of hydrogen-bond donors (Lipinski definition) is 4. The monoisotopic (exact) mass is 388 g/mol. The largest absolute Gasteiger partial charge is 0.481 e. The molecule has 4 aliphatic rings. The molecular weight excluding hydrogens is 356 g/mol. The molecule has 0 aromatic rings. The van der Waals surface area contributed by atoms with Crippen molar-refractivity contribution >= 4 is 11.9 Å². The summed E-state index contributed by atoms with van der Waals surface area (Å²) in [5.74, 6) is -1.64. The van der Waals surface area contributed by atoms with Gasteiger partial charge in [0.1, 0.15) is 0 Å². The zero-order valence-corrected chi connectivity index (χ0v) is 16.3. The Hall–Kier alpha value is -1.22. The molecule has 2 heterocycles. The Kier molecular flexibility index (Phi) is 6.89. The van der Waals surface area contributed by atoms with E-state index in [2.05, 4.69) is 13.8 Å². The summed E-state index contributed by atoms with van der Waals surface area (Å²) in [6.07, 6.45) is 4.72. The molecule has 8 heteroatoms. The van der Waals surface area contributed by atoms with Crippen molar-refractivity contribution in [1.82, 2.24) is 0 Å². The third-order valence-corrected chi connectivity index (χ3v) is 6.01. The fourth-order valence-electron chi connectivity index (χ4n) is 3.74. The number of aliphatic hydroxyl groups excluding tert-OH is 2. The van der Waals surface area contributed by atoms with E-state index in [0.29, 0.717) is 12.8 Å². The van der Waals surface area contributed by atoms with Crippen LogP contribution in [0.25, 0.3) is 0 Å². The maximum atomic E-state index is 10.6. The molecule has 156 valence electrons. The van der Waals surface area contributed by atoms with Crippen molar-refractivity contribution in [2.45, 2.75) is 88.8 Å². The molecule has 4 fully saturated rings. The lowest BCUT2D eigenvalue weighted by Crippen LogP contribution is -2.26. The van der Waals surface area contributed by atoms with Crippen LogP contribution >= 0.6 is 0 Å². The van der Waals surface area contributed by atoms with Gasteiger partial charge in [-0.15, -0.1) is 0 Å². The number of hydrogen-bond acceptors (Lipinski definition) is 6. The summed E-state index contributed by atoms with van der Waals surface area (Å²) in [6, 6.07) is 0. The van der Waals surface area contributed by atoms with Gasteiger partial charge in [0.25, 0.3) is 0 Å². The van der Waals surface area contributed by atoms with Crippen molar-refractivity contribution in [3.05, 3.63) is 0 Å². The quantitative estimate of drug-likeness (QED) is 0.532. The second-order valence-corrected chi connectivity index (χ2v) is 8.49. The lowest BCUT2D eigenvalue weighted by Gasteiger charge is -2.18. The molecule has 2 aliphatic heterocycles. The molecule has 4 rings (SSSR count). The molecule has 0 spiro atoms. The summed E-state index contributed by atoms with van der Waals surface area (Å²) in [4.78, 5) is 21.1. The Bertz CT molecular complexity index is 506. The van der Waals surface area contributed by atoms with Crippen LogP contribution in [0.2, 0.25) is 0 Å². The fourth-order valence-corrected chi connectivity index (χ4v) is 3.74. The Morgan fingerprint density at radius 1 is 0.963 bits per heavy atom. The average Bonchev–Trinajstić information content (AvgIpc) is 3.46. The van der Waals surface area contributed by atoms with Crippen LogP contribution < -0.4 is 0 Å². The number of carboxylic acid groups (broad SMARTS) is 2. The van der Waals surface area contributed by atoms with Crippen LogP contribution in [0.1, 0.15) is 59.3 Å². The molecule has 0 bridgehead atoms. The Labute approximate surface area is 159 Å². The zero-order chi connectivity index (χ0) is 20.4. The second-order valence-electron chi connectivity index (χ2n) is 8.49. The van der Waals surface area contributed by atoms with Crippen LogP contribution in [0.3, 0.4) is 0 Å². The first-order valence-electron chi connectivity index (χ1n) is 9.61. The topological polar surface area (TPSA) is 140 Å². The predicted octanol–water partition coefficient (Wildman–Crippen LogP) is 1.42. The van der Waals surface area contributed by atoms with Gasteiger partial charge < -0.3 is 29.9 Å². The van der Waals surface area contributed by atoms with E-state index in [9.17, 15) is 9.59 Å². The van der Waals surface area contributed by atoms with Crippen molar-refractivity contribution in [2.24, 2.45) is 11.8 Å². The highest BCUT2D eigenvalue weighted by molar-refractivity contribution is 5.70. The minimum Gasteiger partial charge on any atom is -0.481 e. The fraction of sp³-hybridized carbons (Fsp3) is 0.895. The highest BCUT2D eigenvalue weighted by atomic mass is 16.6. The molecule has 0 aromatic heterocycles. The number of aliphatic carboxylic acids is 2. The smallest absolute Gasteiger partial charge is 0.306 e. The molecule has 0 amide bonds. The number of fused-ring (bicyclic) bond motifs is 2. The van der Waals surface area contributed by atoms with E-state index in [1.165, 1.54) is 6.92 Å². The Morgan fingerprint density at radius 3 is 1.52 bits per heavy atom. The third-order valence-electron chi connectivity index (χ3n) is 6.01. The number of carbonyl (C=O) groups is 2. The Morgan fingerprint density at radius 2 is 1.30 bits per heavy atom. The molecule has 2 saturated heterocycles. The first-order chi connectivity index (χ1) is 12.5. The molecule has 0 radical (unpaired) electrons. The second kappa shape index (κ2) is 8.43. The van der Waals surface area contributed by atoms with Gasteiger partial charge in [0.2, 0.25) is 0 Å². The van der Waals surface area contributed by atoms with Crippen molar-refractivity contribution in [3.63, 3.8) is 0 Å². The SMILES string of the molecule is CC(O)CO.CC12CCC(C(=O)O)CC1O2.CC12CCC(C(=O)O)CC1O2. The number of aliphatic hydroxyl groups is 2. The molecule has 4 N–H and O–H groups in total. The van der Waals surface area contributed by atoms with Crippen LogP contribution in [0.5, 0.6) is 0 Å². The lowest BCUT2D eigenvalue weighted by molar-refractivity contribution is -0.143. The summed E-state index contributed by atoms with van der Waals surface area (Å²) in [5.41, 5.74) is 0.0951. The van der Waals surface area contributed by atoms with Crippen molar-refractivity contribution in [2.75, 3.05) is 6.61 Å². The molecule has 0 aromatic carbocycles. The standard InChI is InChI=1S/2C8H12O3.C3H8O2/c2*1-8-3-2-5(7(9)10)4-6(8)11-8;1-3(5)2-4/h2*5-6H,2-4H2,1H3,(H,9,10);3-5H,2H2,1H3. The van der Waals surface area contributed by atoms with Gasteiger partial charge >= 0.3 is 11.9 Å². The van der Waals surface area contributed by atoms with Gasteiger partial charge in [-0.05, 0) is 59.3 Å². The number of epoxide rings is 2. The molecule has 7 atom stereocenters. The van der Waals surface area contributed by atoms with Crippen molar-refractivity contribution < 1.29 is 39.5 Å². The van der Waals surface area contributed by atoms with Gasteiger partial charge in [0, 0.05) is 0 Å². The predicted molar refractivity (Wildman–Crippen MR) is 95.3 cm³/mol. The normalized spacial score (nSPS) is 42.0. The van der Waals surface area contributed by atoms with Crippen LogP contribution in [0, 0.1) is 11.8 Å². The minimum absolute atomic E-state index is 0.0476. The summed E-state index contributed by atoms with van der Waals surface area (Å²) in [6.45, 7) is 5.52. The molecule has 2 aliphatic carbocycles. The van der Waals surface area contributed by atoms with E-state index in [1.807, 2.05) is 0 Å².